The fraction of sp³-hybridized carbons (Fsp3) is 0.929. The van der Waals surface area contributed by atoms with Crippen molar-refractivity contribution in [3.63, 3.8) is 0 Å². The van der Waals surface area contributed by atoms with Gasteiger partial charge in [-0.1, -0.05) is 27.7 Å². The molecular weight excluding hydrogens is 226 g/mol. The molecule has 1 amide bonds. The van der Waals surface area contributed by atoms with Crippen molar-refractivity contribution in [2.75, 3.05) is 26.2 Å². The van der Waals surface area contributed by atoms with Crippen molar-refractivity contribution in [1.82, 2.24) is 9.80 Å². The fourth-order valence-corrected chi connectivity index (χ4v) is 2.83. The minimum atomic E-state index is -0.655. The van der Waals surface area contributed by atoms with Gasteiger partial charge in [0.15, 0.2) is 0 Å². The first kappa shape index (κ1) is 15.4. The molecule has 18 heavy (non-hydrogen) atoms. The van der Waals surface area contributed by atoms with E-state index in [1.165, 1.54) is 0 Å². The first-order valence-electron chi connectivity index (χ1n) is 7.34. The average Bonchev–Trinajstić information content (AvgIpc) is 2.88. The maximum absolute atomic E-state index is 12.5. The van der Waals surface area contributed by atoms with Gasteiger partial charge < -0.3 is 10.6 Å². The van der Waals surface area contributed by atoms with E-state index in [0.717, 1.165) is 45.4 Å². The molecule has 1 saturated heterocycles. The molecular formula is C14H29N3O. The molecule has 1 aliphatic rings. The third-order valence-electron chi connectivity index (χ3n) is 4.47. The highest BCUT2D eigenvalue weighted by molar-refractivity contribution is 5.86. The quantitative estimate of drug-likeness (QED) is 0.781. The molecule has 4 nitrogen and oxygen atoms in total. The Kier molecular flexibility index (Phi) is 5.60. The van der Waals surface area contributed by atoms with Gasteiger partial charge in [-0.2, -0.15) is 0 Å². The number of carbonyl (C=O) groups is 1. The summed E-state index contributed by atoms with van der Waals surface area (Å²) < 4.78 is 0. The van der Waals surface area contributed by atoms with Crippen LogP contribution in [0.2, 0.25) is 0 Å². The molecule has 1 rings (SSSR count). The van der Waals surface area contributed by atoms with Gasteiger partial charge in [0.25, 0.3) is 0 Å². The van der Waals surface area contributed by atoms with E-state index in [4.69, 9.17) is 5.73 Å². The van der Waals surface area contributed by atoms with Crippen LogP contribution in [0.3, 0.4) is 0 Å². The average molecular weight is 255 g/mol. The summed E-state index contributed by atoms with van der Waals surface area (Å²) in [4.78, 5) is 16.9. The molecule has 0 spiro atoms. The molecule has 0 aromatic rings. The van der Waals surface area contributed by atoms with E-state index in [9.17, 15) is 4.79 Å². The Morgan fingerprint density at radius 3 is 2.28 bits per heavy atom. The summed E-state index contributed by atoms with van der Waals surface area (Å²) in [5, 5.41) is 0. The van der Waals surface area contributed by atoms with E-state index in [2.05, 4.69) is 18.7 Å². The van der Waals surface area contributed by atoms with Gasteiger partial charge in [0.2, 0.25) is 5.91 Å². The predicted octanol–water partition coefficient (Wildman–Crippen LogP) is 1.45. The van der Waals surface area contributed by atoms with E-state index >= 15 is 0 Å². The molecule has 0 aliphatic carbocycles. The van der Waals surface area contributed by atoms with E-state index in [1.54, 1.807) is 0 Å². The lowest BCUT2D eigenvalue weighted by atomic mass is 9.92. The van der Waals surface area contributed by atoms with Crippen molar-refractivity contribution < 1.29 is 4.79 Å². The lowest BCUT2D eigenvalue weighted by Crippen LogP contribution is -2.54. The number of hydrogen-bond donors (Lipinski definition) is 1. The van der Waals surface area contributed by atoms with Gasteiger partial charge in [0, 0.05) is 19.1 Å². The minimum Gasteiger partial charge on any atom is -0.339 e. The van der Waals surface area contributed by atoms with Crippen LogP contribution >= 0.6 is 0 Å². The predicted molar refractivity (Wildman–Crippen MR) is 75.4 cm³/mol. The summed E-state index contributed by atoms with van der Waals surface area (Å²) in [5.74, 6) is 0.141. The van der Waals surface area contributed by atoms with Crippen molar-refractivity contribution in [1.29, 1.82) is 0 Å². The summed E-state index contributed by atoms with van der Waals surface area (Å²) in [6.07, 6.45) is 2.51. The van der Waals surface area contributed by atoms with Gasteiger partial charge in [0.1, 0.15) is 0 Å². The molecule has 2 N–H and O–H groups in total. The van der Waals surface area contributed by atoms with Crippen LogP contribution in [0.5, 0.6) is 0 Å². The lowest BCUT2D eigenvalue weighted by molar-refractivity contribution is -0.136. The fourth-order valence-electron chi connectivity index (χ4n) is 2.83. The Bertz CT molecular complexity index is 272. The minimum absolute atomic E-state index is 0.141. The number of rotatable bonds is 6. The Balaban J connectivity index is 2.64. The van der Waals surface area contributed by atoms with Gasteiger partial charge in [0.05, 0.1) is 5.54 Å². The number of likely N-dealkylation sites (tertiary alicyclic amines) is 1. The molecule has 1 atom stereocenters. The second-order valence-electron chi connectivity index (χ2n) is 5.28. The number of hydrogen-bond acceptors (Lipinski definition) is 3. The number of nitrogens with two attached hydrogens (primary N) is 1. The Labute approximate surface area is 111 Å². The summed E-state index contributed by atoms with van der Waals surface area (Å²) >= 11 is 0. The second-order valence-corrected chi connectivity index (χ2v) is 5.28. The van der Waals surface area contributed by atoms with Crippen LogP contribution < -0.4 is 5.73 Å². The normalized spacial score (nSPS) is 20.8. The van der Waals surface area contributed by atoms with Crippen molar-refractivity contribution >= 4 is 5.91 Å². The van der Waals surface area contributed by atoms with Crippen LogP contribution in [0.4, 0.5) is 0 Å². The number of amides is 1. The zero-order valence-electron chi connectivity index (χ0n) is 12.4. The second kappa shape index (κ2) is 6.53. The van der Waals surface area contributed by atoms with Crippen LogP contribution in [-0.4, -0.2) is 53.5 Å². The van der Waals surface area contributed by atoms with Gasteiger partial charge in [-0.05, 0) is 32.4 Å². The highest BCUT2D eigenvalue weighted by atomic mass is 16.2. The van der Waals surface area contributed by atoms with E-state index in [-0.39, 0.29) is 5.91 Å². The molecule has 4 heteroatoms. The summed E-state index contributed by atoms with van der Waals surface area (Å²) in [6.45, 7) is 12.2. The highest BCUT2D eigenvalue weighted by Gasteiger charge is 2.38. The van der Waals surface area contributed by atoms with E-state index < -0.39 is 5.54 Å². The zero-order chi connectivity index (χ0) is 13.8. The third kappa shape index (κ3) is 3.04. The van der Waals surface area contributed by atoms with Crippen LogP contribution in [0.1, 0.15) is 47.0 Å². The maximum atomic E-state index is 12.5. The Hall–Kier alpha value is -0.610. The molecule has 0 aromatic carbocycles. The van der Waals surface area contributed by atoms with E-state index in [1.807, 2.05) is 18.7 Å². The molecule has 0 aromatic heterocycles. The van der Waals surface area contributed by atoms with Crippen molar-refractivity contribution in [2.45, 2.75) is 58.5 Å². The van der Waals surface area contributed by atoms with Crippen molar-refractivity contribution in [3.8, 4) is 0 Å². The molecule has 0 radical (unpaired) electrons. The van der Waals surface area contributed by atoms with Gasteiger partial charge in [-0.3, -0.25) is 9.69 Å². The standard InChI is InChI=1S/C14H29N3O/c1-5-14(15,6-2)13(18)17-10-9-12(11-17)16(7-3)8-4/h12H,5-11,15H2,1-4H3. The molecule has 1 heterocycles. The number of nitrogens with zero attached hydrogens (tertiary/aromatic N) is 2. The molecule has 1 fully saturated rings. The van der Waals surface area contributed by atoms with Crippen molar-refractivity contribution in [3.05, 3.63) is 0 Å². The van der Waals surface area contributed by atoms with Crippen LogP contribution in [0.15, 0.2) is 0 Å². The molecule has 106 valence electrons. The smallest absolute Gasteiger partial charge is 0.242 e. The molecule has 1 aliphatic heterocycles. The van der Waals surface area contributed by atoms with Gasteiger partial charge in [-0.25, -0.2) is 0 Å². The molecule has 0 bridgehead atoms. The third-order valence-corrected chi connectivity index (χ3v) is 4.47. The number of carbonyl (C=O) groups excluding carboxylic acids is 1. The first-order valence-corrected chi connectivity index (χ1v) is 7.34. The summed E-state index contributed by atoms with van der Waals surface area (Å²) in [7, 11) is 0. The van der Waals surface area contributed by atoms with Gasteiger partial charge >= 0.3 is 0 Å². The maximum Gasteiger partial charge on any atom is 0.242 e. The topological polar surface area (TPSA) is 49.6 Å². The van der Waals surface area contributed by atoms with E-state index in [0.29, 0.717) is 6.04 Å². The first-order chi connectivity index (χ1) is 8.52. The van der Waals surface area contributed by atoms with Crippen molar-refractivity contribution in [2.24, 2.45) is 5.73 Å². The molecule has 0 saturated carbocycles. The van der Waals surface area contributed by atoms with Gasteiger partial charge in [-0.15, -0.1) is 0 Å². The largest absolute Gasteiger partial charge is 0.339 e. The Morgan fingerprint density at radius 2 is 1.83 bits per heavy atom. The summed E-state index contributed by atoms with van der Waals surface area (Å²) in [5.41, 5.74) is 5.55. The van der Waals surface area contributed by atoms with Crippen LogP contribution in [-0.2, 0) is 4.79 Å². The zero-order valence-corrected chi connectivity index (χ0v) is 12.4. The van der Waals surface area contributed by atoms with Crippen LogP contribution in [0, 0.1) is 0 Å². The highest BCUT2D eigenvalue weighted by Crippen LogP contribution is 2.21. The van der Waals surface area contributed by atoms with Crippen LogP contribution in [0.25, 0.3) is 0 Å². The lowest BCUT2D eigenvalue weighted by Gasteiger charge is -2.31. The SMILES string of the molecule is CCN(CC)C1CCN(C(=O)C(N)(CC)CC)C1. The monoisotopic (exact) mass is 255 g/mol. The Morgan fingerprint density at radius 1 is 1.28 bits per heavy atom. The number of likely N-dealkylation sites (N-methyl/N-ethyl adjacent to an activating group) is 1. The summed E-state index contributed by atoms with van der Waals surface area (Å²) in [6, 6.07) is 0.516. The molecule has 1 unspecified atom stereocenters.